The van der Waals surface area contributed by atoms with Crippen LogP contribution in [0.5, 0.6) is 0 Å². The highest BCUT2D eigenvalue weighted by atomic mass is 33.2. The van der Waals surface area contributed by atoms with Crippen LogP contribution in [0.1, 0.15) is 0 Å². The predicted octanol–water partition coefficient (Wildman–Crippen LogP) is -8.19. The summed E-state index contributed by atoms with van der Waals surface area (Å²) in [6.07, 6.45) is -13.7. The number of rotatable bonds is 17. The molecule has 0 aromatic rings. The quantitative estimate of drug-likeness (QED) is 0.0373. The fourth-order valence-corrected chi connectivity index (χ4v) is 7.29. The van der Waals surface area contributed by atoms with Crippen LogP contribution in [-0.4, -0.2) is 190 Å². The summed E-state index contributed by atoms with van der Waals surface area (Å²) in [4.78, 5) is 25.9. The van der Waals surface area contributed by atoms with E-state index in [0.717, 1.165) is 0 Å². The van der Waals surface area contributed by atoms with E-state index >= 15 is 0 Å². The predicted molar refractivity (Wildman–Crippen MR) is 155 cm³/mol. The molecule has 2 saturated heterocycles. The van der Waals surface area contributed by atoms with Gasteiger partial charge in [0.05, 0.1) is 25.3 Å². The molecule has 2 fully saturated rings. The monoisotopic (exact) mass is 750 g/mol. The van der Waals surface area contributed by atoms with Crippen molar-refractivity contribution in [2.75, 3.05) is 37.8 Å². The normalized spacial score (nSPS) is 33.6. The van der Waals surface area contributed by atoms with Gasteiger partial charge in [0.15, 0.2) is 12.6 Å². The van der Waals surface area contributed by atoms with Crippen molar-refractivity contribution in [3.8, 4) is 0 Å². The number of hydrogen-bond donors (Lipinski definition) is 14. The summed E-state index contributed by atoms with van der Waals surface area (Å²) in [7, 11) is -9.47. The van der Waals surface area contributed by atoms with Gasteiger partial charge in [-0.15, -0.1) is 0 Å². The number of nitrogens with one attached hydrogen (secondary N) is 4. The van der Waals surface area contributed by atoms with Crippen molar-refractivity contribution in [1.82, 2.24) is 21.3 Å². The van der Waals surface area contributed by atoms with Crippen molar-refractivity contribution in [2.45, 2.75) is 73.4 Å². The van der Waals surface area contributed by atoms with Gasteiger partial charge in [0.25, 0.3) is 0 Å². The first kappa shape index (κ1) is 41.2. The molecule has 0 aromatic heterocycles. The molecule has 0 radical (unpaired) electrons. The Morgan fingerprint density at radius 2 is 0.957 bits per heavy atom. The molecule has 2 amide bonds. The second-order valence-electron chi connectivity index (χ2n) is 9.96. The number of aliphatic hydroxyl groups excluding tert-OH is 8. The highest BCUT2D eigenvalue weighted by molar-refractivity contribution is 8.70. The molecule has 2 rings (SSSR count). The highest BCUT2D eigenvalue weighted by Crippen LogP contribution is 2.22. The molecule has 0 bridgehead atoms. The van der Waals surface area contributed by atoms with Gasteiger partial charge in [-0.3, -0.25) is 18.7 Å². The number of carbonyl (C=O) groups is 2. The fraction of sp³-hybridized carbons (Fsp3) is 0.900. The van der Waals surface area contributed by atoms with Crippen LogP contribution in [0.3, 0.4) is 0 Å². The van der Waals surface area contributed by atoms with Crippen molar-refractivity contribution in [3.05, 3.63) is 0 Å². The van der Waals surface area contributed by atoms with Crippen molar-refractivity contribution in [1.29, 1.82) is 0 Å². The molecule has 270 valence electrons. The zero-order chi connectivity index (χ0) is 35.0. The standard InChI is InChI=1S/C20H38N4O18S4/c25-3-9-13(27)15(29)11(19(33)41-9)23-17(31)7(5-43-45(35,36)37)21-1-2-22-8(6-44-46(38,39)40)18(32)24-12-16(30)14(28)10(4-26)42-20(12)34/h7-16,19-22,25-30,33-34H,1-6H2,(H,23,31)(H,24,32)(H,35,36,37)(H,38,39,40)/t7-,8-,9+,10+,11?,12?,13+,14+,15+,16+,19?,20?/m0/s1. The van der Waals surface area contributed by atoms with Crippen LogP contribution in [-0.2, 0) is 37.4 Å². The van der Waals surface area contributed by atoms with E-state index in [2.05, 4.69) is 21.3 Å². The van der Waals surface area contributed by atoms with Crippen molar-refractivity contribution in [2.24, 2.45) is 0 Å². The van der Waals surface area contributed by atoms with Gasteiger partial charge in [-0.2, -0.15) is 16.8 Å². The number of amides is 2. The number of hydrogen-bond acceptors (Lipinski definition) is 20. The summed E-state index contributed by atoms with van der Waals surface area (Å²) >= 11 is 0. The minimum atomic E-state index is -4.66. The topological polar surface area (TPSA) is 371 Å². The first-order valence-corrected chi connectivity index (χ1v) is 19.1. The van der Waals surface area contributed by atoms with Crippen LogP contribution in [0.15, 0.2) is 0 Å². The van der Waals surface area contributed by atoms with Gasteiger partial charge in [0.1, 0.15) is 48.7 Å². The minimum Gasteiger partial charge on any atom is -0.394 e. The second kappa shape index (κ2) is 18.1. The van der Waals surface area contributed by atoms with E-state index in [1.807, 2.05) is 0 Å². The molecule has 2 heterocycles. The number of carbonyl (C=O) groups excluding carboxylic acids is 2. The average molecular weight is 751 g/mol. The van der Waals surface area contributed by atoms with Crippen molar-refractivity contribution < 1.29 is 85.9 Å². The number of aliphatic hydroxyl groups is 8. The molecule has 14 N–H and O–H groups in total. The Balaban J connectivity index is 2.08. The molecule has 0 aromatic carbocycles. The van der Waals surface area contributed by atoms with E-state index in [4.69, 9.17) is 18.6 Å². The lowest BCUT2D eigenvalue weighted by molar-refractivity contribution is -0.254. The maximum absolute atomic E-state index is 12.9. The molecular weight excluding hydrogens is 712 g/mol. The molecule has 22 nitrogen and oxygen atoms in total. The summed E-state index contributed by atoms with van der Waals surface area (Å²) < 4.78 is 73.2. The van der Waals surface area contributed by atoms with Gasteiger partial charge in [0, 0.05) is 24.6 Å². The Morgan fingerprint density at radius 3 is 1.24 bits per heavy atom. The first-order valence-electron chi connectivity index (χ1n) is 13.2. The zero-order valence-electron chi connectivity index (χ0n) is 23.5. The lowest BCUT2D eigenvalue weighted by atomic mass is 9.97. The van der Waals surface area contributed by atoms with Crippen LogP contribution in [0.4, 0.5) is 0 Å². The van der Waals surface area contributed by atoms with E-state index < -0.39 is 128 Å². The maximum Gasteiger partial charge on any atom is 0.319 e. The van der Waals surface area contributed by atoms with Gasteiger partial charge in [-0.25, -0.2) is 0 Å². The van der Waals surface area contributed by atoms with Crippen LogP contribution in [0.2, 0.25) is 0 Å². The highest BCUT2D eigenvalue weighted by Gasteiger charge is 2.46. The third kappa shape index (κ3) is 12.5. The van der Waals surface area contributed by atoms with Crippen LogP contribution in [0, 0.1) is 0 Å². The van der Waals surface area contributed by atoms with Crippen LogP contribution < -0.4 is 21.3 Å². The summed E-state index contributed by atoms with van der Waals surface area (Å²) in [6, 6.07) is -6.28. The van der Waals surface area contributed by atoms with Gasteiger partial charge in [-0.05, 0) is 21.6 Å². The zero-order valence-corrected chi connectivity index (χ0v) is 26.8. The van der Waals surface area contributed by atoms with Gasteiger partial charge in [-0.1, -0.05) is 0 Å². The molecule has 2 aliphatic heterocycles. The van der Waals surface area contributed by atoms with Crippen LogP contribution >= 0.6 is 21.6 Å². The van der Waals surface area contributed by atoms with Crippen molar-refractivity contribution >= 4 is 51.7 Å². The number of ether oxygens (including phenoxy) is 2. The Hall–Kier alpha value is -1.02. The Kier molecular flexibility index (Phi) is 16.2. The van der Waals surface area contributed by atoms with Gasteiger partial charge in [0.2, 0.25) is 11.8 Å². The van der Waals surface area contributed by atoms with Crippen molar-refractivity contribution in [3.63, 3.8) is 0 Å². The Bertz CT molecular complexity index is 1120. The molecule has 12 atom stereocenters. The minimum absolute atomic E-state index is 0.0719. The summed E-state index contributed by atoms with van der Waals surface area (Å²) in [5.41, 5.74) is 0. The third-order valence-corrected chi connectivity index (χ3v) is 10.9. The third-order valence-electron chi connectivity index (χ3n) is 6.72. The molecule has 0 spiro atoms. The second-order valence-corrected chi connectivity index (χ2v) is 16.8. The summed E-state index contributed by atoms with van der Waals surface area (Å²) in [5.74, 6) is -3.42. The van der Waals surface area contributed by atoms with E-state index in [0.29, 0.717) is 0 Å². The molecule has 0 aliphatic carbocycles. The lowest BCUT2D eigenvalue weighted by Gasteiger charge is -2.40. The molecule has 26 heteroatoms. The molecule has 4 unspecified atom stereocenters. The van der Waals surface area contributed by atoms with E-state index in [-0.39, 0.29) is 34.7 Å². The molecule has 2 aliphatic rings. The van der Waals surface area contributed by atoms with Crippen LogP contribution in [0.25, 0.3) is 0 Å². The maximum atomic E-state index is 12.9. The lowest BCUT2D eigenvalue weighted by Crippen LogP contribution is -2.66. The summed E-state index contributed by atoms with van der Waals surface area (Å²) in [5, 5.41) is 88.7. The first-order chi connectivity index (χ1) is 21.3. The molecular formula is C20H38N4O18S4. The van der Waals surface area contributed by atoms with E-state index in [9.17, 15) is 67.3 Å². The van der Waals surface area contributed by atoms with Gasteiger partial charge >= 0.3 is 18.3 Å². The largest absolute Gasteiger partial charge is 0.394 e. The van der Waals surface area contributed by atoms with E-state index in [1.165, 1.54) is 0 Å². The smallest absolute Gasteiger partial charge is 0.319 e. The fourth-order valence-electron chi connectivity index (χ4n) is 4.29. The van der Waals surface area contributed by atoms with E-state index in [1.54, 1.807) is 0 Å². The molecule has 0 saturated carbocycles. The SMILES string of the molecule is O=C(NC1C(O)O[C@H](CO)[C@@H](O)[C@@H]1O)[C@H](CSS(=O)(=O)O)NCCN[C@@H](CSS(=O)(=O)O)C(=O)NC1C(O)O[C@H](CO)[C@@H](O)[C@@H]1O. The Labute approximate surface area is 269 Å². The summed E-state index contributed by atoms with van der Waals surface area (Å²) in [6.45, 7) is -2.13. The average Bonchev–Trinajstić information content (AvgIpc) is 2.96. The van der Waals surface area contributed by atoms with Gasteiger partial charge < -0.3 is 71.6 Å². The molecule has 46 heavy (non-hydrogen) atoms. The Morgan fingerprint density at radius 1 is 0.630 bits per heavy atom.